The van der Waals surface area contributed by atoms with Crippen LogP contribution in [0.5, 0.6) is 0 Å². The van der Waals surface area contributed by atoms with E-state index in [0.29, 0.717) is 51.4 Å². The molecule has 20 heavy (non-hydrogen) atoms. The number of ketones is 1. The van der Waals surface area contributed by atoms with E-state index in [0.717, 1.165) is 0 Å². The number of nitro groups is 2. The van der Waals surface area contributed by atoms with Gasteiger partial charge >= 0.3 is 0 Å². The van der Waals surface area contributed by atoms with Gasteiger partial charge in [0.2, 0.25) is 12.1 Å². The third-order valence-corrected chi connectivity index (χ3v) is 4.69. The second-order valence-corrected chi connectivity index (χ2v) is 6.01. The predicted octanol–water partition coefficient (Wildman–Crippen LogP) is 2.23. The van der Waals surface area contributed by atoms with Gasteiger partial charge in [0.1, 0.15) is 5.78 Å². The summed E-state index contributed by atoms with van der Waals surface area (Å²) < 4.78 is 0. The molecule has 7 heteroatoms. The Balaban J connectivity index is 1.96. The summed E-state index contributed by atoms with van der Waals surface area (Å²) in [6, 6.07) is -1.24. The standard InChI is InChI=1S/C13H20N2O5/c16-13(9-3-1-5-11(7-9)14(17)18)10-4-2-6-12(8-10)15(19)20/h9-12H,1-8H2. The minimum atomic E-state index is -0.618. The van der Waals surface area contributed by atoms with Crippen molar-refractivity contribution in [3.63, 3.8) is 0 Å². The molecule has 0 heterocycles. The van der Waals surface area contributed by atoms with E-state index in [2.05, 4.69) is 0 Å². The fourth-order valence-electron chi connectivity index (χ4n) is 3.56. The molecule has 0 bridgehead atoms. The van der Waals surface area contributed by atoms with Crippen molar-refractivity contribution >= 4 is 5.78 Å². The van der Waals surface area contributed by atoms with Gasteiger partial charge in [0.15, 0.2) is 0 Å². The molecule has 112 valence electrons. The van der Waals surface area contributed by atoms with Crippen LogP contribution in [0.25, 0.3) is 0 Å². The monoisotopic (exact) mass is 284 g/mol. The lowest BCUT2D eigenvalue weighted by molar-refractivity contribution is -0.528. The van der Waals surface area contributed by atoms with Crippen LogP contribution < -0.4 is 0 Å². The first-order chi connectivity index (χ1) is 9.49. The number of carbonyl (C=O) groups excluding carboxylic acids is 1. The van der Waals surface area contributed by atoms with Crippen LogP contribution >= 0.6 is 0 Å². The Labute approximate surface area is 117 Å². The molecule has 2 fully saturated rings. The number of hydrogen-bond donors (Lipinski definition) is 0. The van der Waals surface area contributed by atoms with Gasteiger partial charge in [0.25, 0.3) is 0 Å². The molecular formula is C13H20N2O5. The zero-order valence-corrected chi connectivity index (χ0v) is 11.4. The molecule has 0 aliphatic heterocycles. The molecule has 0 radical (unpaired) electrons. The molecule has 2 aliphatic rings. The minimum Gasteiger partial charge on any atom is -0.299 e. The highest BCUT2D eigenvalue weighted by atomic mass is 16.6. The summed E-state index contributed by atoms with van der Waals surface area (Å²) >= 11 is 0. The molecule has 0 saturated heterocycles. The topological polar surface area (TPSA) is 103 Å². The normalized spacial score (nSPS) is 34.4. The molecule has 2 rings (SSSR count). The highest BCUT2D eigenvalue weighted by Crippen LogP contribution is 2.34. The van der Waals surface area contributed by atoms with Crippen molar-refractivity contribution in [3.05, 3.63) is 20.2 Å². The van der Waals surface area contributed by atoms with Crippen molar-refractivity contribution in [1.82, 2.24) is 0 Å². The van der Waals surface area contributed by atoms with Gasteiger partial charge in [0, 0.05) is 47.4 Å². The van der Waals surface area contributed by atoms with Crippen LogP contribution in [0.4, 0.5) is 0 Å². The second-order valence-electron chi connectivity index (χ2n) is 6.01. The van der Waals surface area contributed by atoms with Crippen LogP contribution in [0.2, 0.25) is 0 Å². The number of hydrogen-bond acceptors (Lipinski definition) is 5. The van der Waals surface area contributed by atoms with E-state index < -0.39 is 12.1 Å². The van der Waals surface area contributed by atoms with E-state index in [1.165, 1.54) is 0 Å². The lowest BCUT2D eigenvalue weighted by Gasteiger charge is -2.29. The van der Waals surface area contributed by atoms with Gasteiger partial charge in [-0.05, 0) is 25.7 Å². The average molecular weight is 284 g/mol. The molecular weight excluding hydrogens is 264 g/mol. The molecule has 0 N–H and O–H groups in total. The summed E-state index contributed by atoms with van der Waals surface area (Å²) in [6.45, 7) is 0. The van der Waals surface area contributed by atoms with Crippen molar-refractivity contribution in [2.24, 2.45) is 11.8 Å². The largest absolute Gasteiger partial charge is 0.299 e. The summed E-state index contributed by atoms with van der Waals surface area (Å²) in [6.07, 6.45) is 4.50. The molecule has 2 aliphatic carbocycles. The fraction of sp³-hybridized carbons (Fsp3) is 0.923. The first-order valence-corrected chi connectivity index (χ1v) is 7.29. The average Bonchev–Trinajstić information content (AvgIpc) is 2.46. The van der Waals surface area contributed by atoms with Crippen LogP contribution in [0.1, 0.15) is 51.4 Å². The zero-order valence-electron chi connectivity index (χ0n) is 11.4. The Bertz CT molecular complexity index is 376. The lowest BCUT2D eigenvalue weighted by Crippen LogP contribution is -2.37. The third-order valence-electron chi connectivity index (χ3n) is 4.69. The number of carbonyl (C=O) groups is 1. The van der Waals surface area contributed by atoms with Crippen molar-refractivity contribution in [1.29, 1.82) is 0 Å². The molecule has 0 aromatic rings. The third kappa shape index (κ3) is 3.32. The maximum atomic E-state index is 12.4. The van der Waals surface area contributed by atoms with Crippen molar-refractivity contribution in [3.8, 4) is 0 Å². The number of rotatable bonds is 4. The summed E-state index contributed by atoms with van der Waals surface area (Å²) in [5.41, 5.74) is 0. The highest BCUT2D eigenvalue weighted by Gasteiger charge is 2.39. The van der Waals surface area contributed by atoms with E-state index in [-0.39, 0.29) is 27.5 Å². The molecule has 0 aromatic heterocycles. The van der Waals surface area contributed by atoms with E-state index in [1.54, 1.807) is 0 Å². The number of nitrogens with zero attached hydrogens (tertiary/aromatic N) is 2. The number of Topliss-reactive ketones (excluding diaryl/α,β-unsaturated/α-hetero) is 1. The Morgan fingerprint density at radius 2 is 1.20 bits per heavy atom. The molecule has 0 amide bonds. The van der Waals surface area contributed by atoms with Gasteiger partial charge in [-0.3, -0.25) is 25.0 Å². The Kier molecular flexibility index (Phi) is 4.67. The predicted molar refractivity (Wildman–Crippen MR) is 70.5 cm³/mol. The summed E-state index contributed by atoms with van der Waals surface area (Å²) in [7, 11) is 0. The van der Waals surface area contributed by atoms with Crippen LogP contribution in [0.15, 0.2) is 0 Å². The second kappa shape index (κ2) is 6.28. The molecule has 4 atom stereocenters. The molecule has 2 saturated carbocycles. The summed E-state index contributed by atoms with van der Waals surface area (Å²) in [5.74, 6) is -0.507. The molecule has 0 spiro atoms. The Morgan fingerprint density at radius 1 is 0.800 bits per heavy atom. The molecule has 4 unspecified atom stereocenters. The van der Waals surface area contributed by atoms with Crippen LogP contribution in [-0.4, -0.2) is 27.7 Å². The molecule has 0 aromatic carbocycles. The fourth-order valence-corrected chi connectivity index (χ4v) is 3.56. The van der Waals surface area contributed by atoms with E-state index in [1.807, 2.05) is 0 Å². The lowest BCUT2D eigenvalue weighted by atomic mass is 9.74. The quantitative estimate of drug-likeness (QED) is 0.581. The first kappa shape index (κ1) is 14.9. The minimum absolute atomic E-state index is 0.0306. The van der Waals surface area contributed by atoms with Crippen LogP contribution in [0, 0.1) is 32.1 Å². The highest BCUT2D eigenvalue weighted by molar-refractivity contribution is 5.83. The van der Waals surface area contributed by atoms with Gasteiger partial charge in [0.05, 0.1) is 0 Å². The Morgan fingerprint density at radius 3 is 1.55 bits per heavy atom. The maximum absolute atomic E-state index is 12.4. The zero-order chi connectivity index (χ0) is 14.7. The van der Waals surface area contributed by atoms with Crippen molar-refractivity contribution in [2.45, 2.75) is 63.5 Å². The van der Waals surface area contributed by atoms with Crippen molar-refractivity contribution < 1.29 is 14.6 Å². The van der Waals surface area contributed by atoms with Crippen LogP contribution in [-0.2, 0) is 4.79 Å². The Hall–Kier alpha value is -1.53. The van der Waals surface area contributed by atoms with Crippen molar-refractivity contribution in [2.75, 3.05) is 0 Å². The van der Waals surface area contributed by atoms with Gasteiger partial charge < -0.3 is 0 Å². The summed E-state index contributed by atoms with van der Waals surface area (Å²) in [4.78, 5) is 33.6. The van der Waals surface area contributed by atoms with Gasteiger partial charge in [-0.15, -0.1) is 0 Å². The summed E-state index contributed by atoms with van der Waals surface area (Å²) in [5, 5.41) is 21.7. The maximum Gasteiger partial charge on any atom is 0.213 e. The van der Waals surface area contributed by atoms with E-state index in [9.17, 15) is 25.0 Å². The smallest absolute Gasteiger partial charge is 0.213 e. The first-order valence-electron chi connectivity index (χ1n) is 7.29. The van der Waals surface area contributed by atoms with Gasteiger partial charge in [-0.2, -0.15) is 0 Å². The van der Waals surface area contributed by atoms with E-state index in [4.69, 9.17) is 0 Å². The SMILES string of the molecule is O=C(C1CCCC([N+](=O)[O-])C1)C1CCCC([N+](=O)[O-])C1. The van der Waals surface area contributed by atoms with Gasteiger partial charge in [-0.25, -0.2) is 0 Å². The van der Waals surface area contributed by atoms with Crippen LogP contribution in [0.3, 0.4) is 0 Å². The van der Waals surface area contributed by atoms with E-state index >= 15 is 0 Å². The van der Waals surface area contributed by atoms with Gasteiger partial charge in [-0.1, -0.05) is 0 Å². The molecule has 7 nitrogen and oxygen atoms in total.